The topological polar surface area (TPSA) is 72.5 Å². The van der Waals surface area contributed by atoms with Crippen molar-refractivity contribution in [2.24, 2.45) is 0 Å². The highest BCUT2D eigenvalue weighted by Gasteiger charge is 2.11. The second kappa shape index (κ2) is 9.83. The number of rotatable bonds is 9. The fourth-order valence-electron chi connectivity index (χ4n) is 2.48. The number of methoxy groups -OCH3 is 1. The minimum Gasteiger partial charge on any atom is -0.497 e. The number of anilines is 2. The fourth-order valence-corrected chi connectivity index (χ4v) is 3.19. The Balaban J connectivity index is 1.48. The predicted octanol–water partition coefficient (Wildman–Crippen LogP) is 4.47. The number of thiazole rings is 1. The zero-order valence-corrected chi connectivity index (χ0v) is 16.3. The van der Waals surface area contributed by atoms with E-state index in [9.17, 15) is 13.6 Å². The van der Waals surface area contributed by atoms with E-state index in [1.54, 1.807) is 24.6 Å². The molecule has 2 N–H and O–H groups in total. The van der Waals surface area contributed by atoms with Crippen molar-refractivity contribution >= 4 is 28.1 Å². The fraction of sp³-hybridized carbons (Fsp3) is 0.200. The van der Waals surface area contributed by atoms with Crippen LogP contribution in [0.15, 0.2) is 53.9 Å². The summed E-state index contributed by atoms with van der Waals surface area (Å²) in [5, 5.41) is 8.04. The zero-order chi connectivity index (χ0) is 20.6. The molecule has 9 heteroatoms. The Kier molecular flexibility index (Phi) is 6.96. The lowest BCUT2D eigenvalue weighted by Crippen LogP contribution is -2.25. The third-order valence-electron chi connectivity index (χ3n) is 3.93. The van der Waals surface area contributed by atoms with Crippen molar-refractivity contribution in [3.63, 3.8) is 0 Å². The van der Waals surface area contributed by atoms with Gasteiger partial charge in [0.2, 0.25) is 0 Å². The lowest BCUT2D eigenvalue weighted by atomic mass is 10.1. The number of alkyl halides is 2. The average Bonchev–Trinajstić information content (AvgIpc) is 3.18. The highest BCUT2D eigenvalue weighted by atomic mass is 32.1. The lowest BCUT2D eigenvalue weighted by molar-refractivity contribution is -0.0498. The van der Waals surface area contributed by atoms with E-state index in [2.05, 4.69) is 20.4 Å². The van der Waals surface area contributed by atoms with Crippen LogP contribution in [0.5, 0.6) is 11.5 Å². The molecular weight excluding hydrogens is 400 g/mol. The summed E-state index contributed by atoms with van der Waals surface area (Å²) >= 11 is 1.27. The van der Waals surface area contributed by atoms with Crippen LogP contribution in [-0.2, 0) is 6.42 Å². The van der Waals surface area contributed by atoms with Gasteiger partial charge in [-0.25, -0.2) is 4.98 Å². The van der Waals surface area contributed by atoms with Crippen molar-refractivity contribution in [3.05, 3.63) is 65.2 Å². The molecule has 0 spiro atoms. The molecule has 152 valence electrons. The van der Waals surface area contributed by atoms with Gasteiger partial charge in [0, 0.05) is 17.6 Å². The summed E-state index contributed by atoms with van der Waals surface area (Å²) in [5.41, 5.74) is 2.04. The van der Waals surface area contributed by atoms with E-state index in [0.717, 1.165) is 11.3 Å². The monoisotopic (exact) mass is 419 g/mol. The molecule has 0 atom stereocenters. The second-order valence-corrected chi connectivity index (χ2v) is 6.78. The Morgan fingerprint density at radius 3 is 2.45 bits per heavy atom. The zero-order valence-electron chi connectivity index (χ0n) is 15.5. The number of hydrogen-bond donors (Lipinski definition) is 2. The Bertz CT molecular complexity index is 931. The Morgan fingerprint density at radius 2 is 1.79 bits per heavy atom. The largest absolute Gasteiger partial charge is 0.497 e. The smallest absolute Gasteiger partial charge is 0.387 e. The van der Waals surface area contributed by atoms with Crippen molar-refractivity contribution in [1.82, 2.24) is 10.3 Å². The minimum atomic E-state index is -2.86. The van der Waals surface area contributed by atoms with Gasteiger partial charge >= 0.3 is 6.61 Å². The van der Waals surface area contributed by atoms with Gasteiger partial charge in [-0.2, -0.15) is 8.78 Å². The number of nitrogens with one attached hydrogen (secondary N) is 2. The minimum absolute atomic E-state index is 0.0709. The average molecular weight is 419 g/mol. The molecule has 1 aromatic heterocycles. The first-order chi connectivity index (χ1) is 14.0. The summed E-state index contributed by atoms with van der Waals surface area (Å²) in [5.74, 6) is 0.599. The van der Waals surface area contributed by atoms with Gasteiger partial charge in [-0.05, 0) is 48.4 Å². The van der Waals surface area contributed by atoms with Crippen LogP contribution in [0.1, 0.15) is 16.1 Å². The molecule has 3 rings (SSSR count). The molecule has 0 saturated heterocycles. The van der Waals surface area contributed by atoms with Crippen LogP contribution in [0.4, 0.5) is 19.6 Å². The molecule has 0 radical (unpaired) electrons. The van der Waals surface area contributed by atoms with Crippen LogP contribution in [0, 0.1) is 0 Å². The number of amides is 1. The van der Waals surface area contributed by atoms with Crippen LogP contribution in [0.25, 0.3) is 0 Å². The molecule has 3 aromatic rings. The van der Waals surface area contributed by atoms with Crippen LogP contribution >= 0.6 is 11.3 Å². The molecule has 0 fully saturated rings. The number of benzene rings is 2. The number of ether oxygens (including phenoxy) is 2. The molecule has 0 bridgehead atoms. The number of carbonyl (C=O) groups excluding carboxylic acids is 1. The maximum absolute atomic E-state index is 12.2. The van der Waals surface area contributed by atoms with Crippen LogP contribution in [-0.4, -0.2) is 31.2 Å². The lowest BCUT2D eigenvalue weighted by Gasteiger charge is -2.06. The molecule has 6 nitrogen and oxygen atoms in total. The summed E-state index contributed by atoms with van der Waals surface area (Å²) < 4.78 is 33.8. The van der Waals surface area contributed by atoms with Gasteiger partial charge in [-0.1, -0.05) is 12.1 Å². The van der Waals surface area contributed by atoms with Crippen molar-refractivity contribution in [2.75, 3.05) is 19.0 Å². The van der Waals surface area contributed by atoms with Gasteiger partial charge in [-0.15, -0.1) is 11.3 Å². The summed E-state index contributed by atoms with van der Waals surface area (Å²) in [6.45, 7) is -2.38. The van der Waals surface area contributed by atoms with Crippen LogP contribution in [0.3, 0.4) is 0 Å². The van der Waals surface area contributed by atoms with E-state index < -0.39 is 6.61 Å². The predicted molar refractivity (Wildman–Crippen MR) is 108 cm³/mol. The summed E-state index contributed by atoms with van der Waals surface area (Å²) in [4.78, 5) is 16.5. The van der Waals surface area contributed by atoms with Gasteiger partial charge in [-0.3, -0.25) is 4.79 Å². The van der Waals surface area contributed by atoms with Gasteiger partial charge in [0.25, 0.3) is 5.91 Å². The Morgan fingerprint density at radius 1 is 1.10 bits per heavy atom. The molecule has 0 aliphatic heterocycles. The summed E-state index contributed by atoms with van der Waals surface area (Å²) in [7, 11) is 1.61. The second-order valence-electron chi connectivity index (χ2n) is 5.92. The molecule has 0 aliphatic rings. The third kappa shape index (κ3) is 6.15. The van der Waals surface area contributed by atoms with Gasteiger partial charge in [0.15, 0.2) is 5.13 Å². The Labute approximate surface area is 170 Å². The third-order valence-corrected chi connectivity index (χ3v) is 4.68. The summed E-state index contributed by atoms with van der Waals surface area (Å²) in [6.07, 6.45) is 0.692. The first-order valence-electron chi connectivity index (χ1n) is 8.72. The summed E-state index contributed by atoms with van der Waals surface area (Å²) in [6, 6.07) is 13.7. The number of halogens is 2. The van der Waals surface area contributed by atoms with Crippen LogP contribution < -0.4 is 20.1 Å². The van der Waals surface area contributed by atoms with Gasteiger partial charge < -0.3 is 20.1 Å². The van der Waals surface area contributed by atoms with E-state index in [0.29, 0.717) is 29.5 Å². The van der Waals surface area contributed by atoms with E-state index in [1.807, 2.05) is 24.3 Å². The van der Waals surface area contributed by atoms with Crippen molar-refractivity contribution in [2.45, 2.75) is 13.0 Å². The van der Waals surface area contributed by atoms with Crippen molar-refractivity contribution in [3.8, 4) is 11.5 Å². The van der Waals surface area contributed by atoms with Crippen LogP contribution in [0.2, 0.25) is 0 Å². The molecule has 0 saturated carbocycles. The van der Waals surface area contributed by atoms with E-state index >= 15 is 0 Å². The highest BCUT2D eigenvalue weighted by Crippen LogP contribution is 2.23. The van der Waals surface area contributed by atoms with Gasteiger partial charge in [0.05, 0.1) is 7.11 Å². The van der Waals surface area contributed by atoms with E-state index in [1.165, 1.54) is 23.5 Å². The van der Waals surface area contributed by atoms with E-state index in [4.69, 9.17) is 4.74 Å². The molecular formula is C20H19F2N3O3S. The standard InChI is InChI=1S/C20H19F2N3O3S/c1-27-15-6-2-13(3-7-15)10-11-23-18(26)17-12-29-20(25-17)24-14-4-8-16(9-5-14)28-19(21)22/h2-9,12,19H,10-11H2,1H3,(H,23,26)(H,24,25). The maximum Gasteiger partial charge on any atom is 0.387 e. The quantitative estimate of drug-likeness (QED) is 0.536. The van der Waals surface area contributed by atoms with Gasteiger partial charge in [0.1, 0.15) is 17.2 Å². The molecule has 0 aliphatic carbocycles. The van der Waals surface area contributed by atoms with Crippen molar-refractivity contribution < 1.29 is 23.0 Å². The number of carbonyl (C=O) groups is 1. The highest BCUT2D eigenvalue weighted by molar-refractivity contribution is 7.14. The molecule has 2 aromatic carbocycles. The first-order valence-corrected chi connectivity index (χ1v) is 9.60. The maximum atomic E-state index is 12.2. The molecule has 1 heterocycles. The Hall–Kier alpha value is -3.20. The molecule has 29 heavy (non-hydrogen) atoms. The van der Waals surface area contributed by atoms with Crippen molar-refractivity contribution in [1.29, 1.82) is 0 Å². The van der Waals surface area contributed by atoms with E-state index in [-0.39, 0.29) is 11.7 Å². The number of hydrogen-bond acceptors (Lipinski definition) is 6. The molecule has 0 unspecified atom stereocenters. The number of nitrogens with zero attached hydrogens (tertiary/aromatic N) is 1. The SMILES string of the molecule is COc1ccc(CCNC(=O)c2csc(Nc3ccc(OC(F)F)cc3)n2)cc1. The molecule has 1 amide bonds. The number of aromatic nitrogens is 1. The normalized spacial score (nSPS) is 10.6. The first kappa shape index (κ1) is 20.5.